The first-order chi connectivity index (χ1) is 6.32. The number of halogens is 5. The van der Waals surface area contributed by atoms with Crippen molar-refractivity contribution in [3.63, 3.8) is 0 Å². The molecule has 1 heterocycles. The van der Waals surface area contributed by atoms with Crippen molar-refractivity contribution in [2.75, 3.05) is 0 Å². The molecule has 1 aromatic heterocycles. The molecule has 0 fully saturated rings. The Morgan fingerprint density at radius 1 is 1.36 bits per heavy atom. The van der Waals surface area contributed by atoms with Gasteiger partial charge in [0.05, 0.1) is 10.6 Å². The van der Waals surface area contributed by atoms with Gasteiger partial charge in [0.2, 0.25) is 0 Å². The Morgan fingerprint density at radius 2 is 1.93 bits per heavy atom. The van der Waals surface area contributed by atoms with Crippen molar-refractivity contribution in [1.82, 2.24) is 4.98 Å². The maximum absolute atomic E-state index is 11.9. The van der Waals surface area contributed by atoms with Gasteiger partial charge in [-0.15, -0.1) is 0 Å². The summed E-state index contributed by atoms with van der Waals surface area (Å²) in [5, 5.41) is -0.443. The van der Waals surface area contributed by atoms with E-state index in [0.717, 1.165) is 6.07 Å². The predicted molar refractivity (Wildman–Crippen MR) is 44.6 cm³/mol. The predicted octanol–water partition coefficient (Wildman–Crippen LogP) is 3.13. The van der Waals surface area contributed by atoms with E-state index in [0.29, 0.717) is 6.20 Å². The molecular weight excluding hydrogens is 242 g/mol. The maximum atomic E-state index is 11.9. The highest BCUT2D eigenvalue weighted by Crippen LogP contribution is 2.26. The molecular formula is C7H2Cl2F3NO. The highest BCUT2D eigenvalue weighted by Gasteiger charge is 2.40. The number of pyridine rings is 1. The number of rotatable bonds is 1. The van der Waals surface area contributed by atoms with Gasteiger partial charge in [0.25, 0.3) is 5.78 Å². The fourth-order valence-corrected chi connectivity index (χ4v) is 1.18. The summed E-state index contributed by atoms with van der Waals surface area (Å²) < 4.78 is 35.8. The summed E-state index contributed by atoms with van der Waals surface area (Å²) in [5.41, 5.74) is -0.705. The maximum Gasteiger partial charge on any atom is 0.454 e. The van der Waals surface area contributed by atoms with Crippen molar-refractivity contribution < 1.29 is 18.0 Å². The molecule has 0 saturated heterocycles. The Kier molecular flexibility index (Phi) is 3.01. The minimum absolute atomic E-state index is 0.0753. The number of aromatic nitrogens is 1. The van der Waals surface area contributed by atoms with Crippen LogP contribution >= 0.6 is 23.2 Å². The summed E-state index contributed by atoms with van der Waals surface area (Å²) in [7, 11) is 0. The molecule has 0 radical (unpaired) electrons. The van der Waals surface area contributed by atoms with Gasteiger partial charge in [-0.25, -0.2) is 4.98 Å². The zero-order valence-corrected chi connectivity index (χ0v) is 7.91. The molecule has 0 aliphatic heterocycles. The first-order valence-corrected chi connectivity index (χ1v) is 4.00. The highest BCUT2D eigenvalue weighted by molar-refractivity contribution is 6.36. The van der Waals surface area contributed by atoms with E-state index < -0.39 is 17.5 Å². The van der Waals surface area contributed by atoms with E-state index in [2.05, 4.69) is 4.98 Å². The standard InChI is InChI=1S/C7H2Cl2F3NO/c8-4-1-5(9)13-2-3(4)6(14)7(10,11)12/h1-2H. The van der Waals surface area contributed by atoms with Crippen LogP contribution in [0, 0.1) is 0 Å². The summed E-state index contributed by atoms with van der Waals surface area (Å²) in [6.45, 7) is 0. The average Bonchev–Trinajstić information content (AvgIpc) is 2.01. The molecule has 0 N–H and O–H groups in total. The second-order valence-electron chi connectivity index (χ2n) is 2.31. The van der Waals surface area contributed by atoms with E-state index in [1.54, 1.807) is 0 Å². The molecule has 0 amide bonds. The van der Waals surface area contributed by atoms with Gasteiger partial charge in [0.1, 0.15) is 5.15 Å². The molecule has 76 valence electrons. The molecule has 0 saturated carbocycles. The van der Waals surface area contributed by atoms with Crippen LogP contribution in [0.2, 0.25) is 10.2 Å². The third-order valence-electron chi connectivity index (χ3n) is 1.32. The quantitative estimate of drug-likeness (QED) is 0.561. The van der Waals surface area contributed by atoms with Crippen molar-refractivity contribution in [2.45, 2.75) is 6.18 Å². The Morgan fingerprint density at radius 3 is 2.36 bits per heavy atom. The number of nitrogens with zero attached hydrogens (tertiary/aromatic N) is 1. The second-order valence-corrected chi connectivity index (χ2v) is 3.11. The number of hydrogen-bond donors (Lipinski definition) is 0. The lowest BCUT2D eigenvalue weighted by molar-refractivity contribution is -0.0885. The SMILES string of the molecule is O=C(c1cnc(Cl)cc1Cl)C(F)(F)F. The van der Waals surface area contributed by atoms with Gasteiger partial charge in [-0.05, 0) is 6.07 Å². The molecule has 1 rings (SSSR count). The molecule has 2 nitrogen and oxygen atoms in total. The smallest absolute Gasteiger partial charge is 0.284 e. The Balaban J connectivity index is 3.15. The zero-order chi connectivity index (χ0) is 10.9. The van der Waals surface area contributed by atoms with Gasteiger partial charge in [-0.3, -0.25) is 4.79 Å². The van der Waals surface area contributed by atoms with Crippen molar-refractivity contribution >= 4 is 29.0 Å². The number of alkyl halides is 3. The molecule has 0 spiro atoms. The van der Waals surface area contributed by atoms with Gasteiger partial charge in [0.15, 0.2) is 0 Å². The van der Waals surface area contributed by atoms with Gasteiger partial charge < -0.3 is 0 Å². The van der Waals surface area contributed by atoms with Crippen molar-refractivity contribution in [3.05, 3.63) is 28.0 Å². The molecule has 0 unspecified atom stereocenters. The van der Waals surface area contributed by atoms with E-state index in [1.807, 2.05) is 0 Å². The molecule has 1 aromatic rings. The van der Waals surface area contributed by atoms with Crippen LogP contribution in [-0.4, -0.2) is 16.9 Å². The fourth-order valence-electron chi connectivity index (χ4n) is 0.727. The average molecular weight is 244 g/mol. The van der Waals surface area contributed by atoms with Crippen LogP contribution in [0.1, 0.15) is 10.4 Å². The lowest BCUT2D eigenvalue weighted by Gasteiger charge is -2.05. The van der Waals surface area contributed by atoms with Gasteiger partial charge in [-0.1, -0.05) is 23.2 Å². The summed E-state index contributed by atoms with van der Waals surface area (Å²) in [4.78, 5) is 14.0. The van der Waals surface area contributed by atoms with Crippen molar-refractivity contribution in [3.8, 4) is 0 Å². The topological polar surface area (TPSA) is 30.0 Å². The zero-order valence-electron chi connectivity index (χ0n) is 6.40. The van der Waals surface area contributed by atoms with Crippen LogP contribution in [0.4, 0.5) is 13.2 Å². The fraction of sp³-hybridized carbons (Fsp3) is 0.143. The van der Waals surface area contributed by atoms with E-state index in [9.17, 15) is 18.0 Å². The van der Waals surface area contributed by atoms with Crippen LogP contribution in [0.15, 0.2) is 12.3 Å². The summed E-state index contributed by atoms with van der Waals surface area (Å²) in [5.74, 6) is -2.04. The van der Waals surface area contributed by atoms with E-state index >= 15 is 0 Å². The number of ketones is 1. The number of hydrogen-bond acceptors (Lipinski definition) is 2. The minimum atomic E-state index is -4.96. The number of carbonyl (C=O) groups is 1. The lowest BCUT2D eigenvalue weighted by Crippen LogP contribution is -2.23. The van der Waals surface area contributed by atoms with Crippen molar-refractivity contribution in [1.29, 1.82) is 0 Å². The first-order valence-electron chi connectivity index (χ1n) is 3.25. The van der Waals surface area contributed by atoms with Crippen LogP contribution in [-0.2, 0) is 0 Å². The molecule has 0 aliphatic carbocycles. The van der Waals surface area contributed by atoms with E-state index in [1.165, 1.54) is 0 Å². The number of carbonyl (C=O) groups excluding carboxylic acids is 1. The van der Waals surface area contributed by atoms with E-state index in [4.69, 9.17) is 23.2 Å². The molecule has 0 aliphatic rings. The third-order valence-corrected chi connectivity index (χ3v) is 1.84. The summed E-state index contributed by atoms with van der Waals surface area (Å²) in [6, 6.07) is 0.974. The van der Waals surface area contributed by atoms with Crippen LogP contribution < -0.4 is 0 Å². The Hall–Kier alpha value is -0.810. The lowest BCUT2D eigenvalue weighted by atomic mass is 10.2. The molecule has 14 heavy (non-hydrogen) atoms. The summed E-state index contributed by atoms with van der Waals surface area (Å²) >= 11 is 10.7. The molecule has 7 heteroatoms. The second kappa shape index (κ2) is 3.74. The largest absolute Gasteiger partial charge is 0.454 e. The van der Waals surface area contributed by atoms with Crippen LogP contribution in [0.5, 0.6) is 0 Å². The molecule has 0 atom stereocenters. The van der Waals surface area contributed by atoms with Crippen LogP contribution in [0.25, 0.3) is 0 Å². The van der Waals surface area contributed by atoms with Gasteiger partial charge in [-0.2, -0.15) is 13.2 Å². The summed E-state index contributed by atoms with van der Waals surface area (Å²) in [6.07, 6.45) is -4.26. The molecule has 0 aromatic carbocycles. The van der Waals surface area contributed by atoms with E-state index in [-0.39, 0.29) is 10.2 Å². The van der Waals surface area contributed by atoms with Gasteiger partial charge in [0, 0.05) is 6.20 Å². The minimum Gasteiger partial charge on any atom is -0.284 e. The van der Waals surface area contributed by atoms with Crippen molar-refractivity contribution in [2.24, 2.45) is 0 Å². The highest BCUT2D eigenvalue weighted by atomic mass is 35.5. The molecule has 0 bridgehead atoms. The Labute approximate surface area is 86.6 Å². The normalized spacial score (nSPS) is 11.5. The first kappa shape index (κ1) is 11.3. The monoisotopic (exact) mass is 243 g/mol. The third kappa shape index (κ3) is 2.36. The Bertz CT molecular complexity index is 378. The van der Waals surface area contributed by atoms with Gasteiger partial charge >= 0.3 is 6.18 Å². The van der Waals surface area contributed by atoms with Crippen LogP contribution in [0.3, 0.4) is 0 Å². The number of Topliss-reactive ketones (excluding diaryl/α,β-unsaturated/α-hetero) is 1.